The highest BCUT2D eigenvalue weighted by Gasteiger charge is 2.02. The molecular weight excluding hydrogens is 382 g/mol. The van der Waals surface area contributed by atoms with Gasteiger partial charge in [0.05, 0.1) is 24.8 Å². The fourth-order valence-electron chi connectivity index (χ4n) is 1.76. The lowest BCUT2D eigenvalue weighted by Gasteiger charge is -2.03. The van der Waals surface area contributed by atoms with Crippen LogP contribution in [0.2, 0.25) is 0 Å². The van der Waals surface area contributed by atoms with Crippen molar-refractivity contribution in [1.82, 2.24) is 0 Å². The molecule has 0 saturated heterocycles. The number of hydrogen-bond acceptors (Lipinski definition) is 3. The summed E-state index contributed by atoms with van der Waals surface area (Å²) in [7, 11) is 4.59. The minimum absolute atomic E-state index is 0. The quantitative estimate of drug-likeness (QED) is 0.671. The Morgan fingerprint density at radius 1 is 0.833 bits per heavy atom. The standard InChI is InChI=1S/C9H11FO2.C8H8BrFO.CH4/c1-11-6-7-3-4-9(12-2)8(10)5-7;1-11-5-6-2-3-7(9)8(10)4-6;/h3-5H,6H2,1-2H3;2-4H,5H2,1H3;1H4. The first kappa shape index (κ1) is 22.5. The lowest BCUT2D eigenvalue weighted by Crippen LogP contribution is -1.92. The zero-order chi connectivity index (χ0) is 17.2. The molecule has 0 fully saturated rings. The van der Waals surface area contributed by atoms with Gasteiger partial charge in [0.15, 0.2) is 11.6 Å². The molecule has 0 spiro atoms. The summed E-state index contributed by atoms with van der Waals surface area (Å²) in [4.78, 5) is 0. The van der Waals surface area contributed by atoms with Crippen LogP contribution in [0, 0.1) is 11.6 Å². The van der Waals surface area contributed by atoms with Gasteiger partial charge in [0.2, 0.25) is 0 Å². The van der Waals surface area contributed by atoms with Crippen molar-refractivity contribution in [3.63, 3.8) is 0 Å². The molecule has 2 aromatic carbocycles. The van der Waals surface area contributed by atoms with Gasteiger partial charge in [-0.15, -0.1) is 0 Å². The van der Waals surface area contributed by atoms with Crippen molar-refractivity contribution < 1.29 is 23.0 Å². The predicted molar refractivity (Wildman–Crippen MR) is 95.2 cm³/mol. The Morgan fingerprint density at radius 3 is 1.75 bits per heavy atom. The molecule has 0 radical (unpaired) electrons. The maximum Gasteiger partial charge on any atom is 0.165 e. The minimum Gasteiger partial charge on any atom is -0.494 e. The number of halogens is 3. The highest BCUT2D eigenvalue weighted by atomic mass is 79.9. The monoisotopic (exact) mass is 404 g/mol. The van der Waals surface area contributed by atoms with Crippen molar-refractivity contribution in [2.45, 2.75) is 20.6 Å². The summed E-state index contributed by atoms with van der Waals surface area (Å²) in [5.41, 5.74) is 1.64. The molecule has 2 rings (SSSR count). The number of ether oxygens (including phenoxy) is 3. The summed E-state index contributed by atoms with van der Waals surface area (Å²) in [5.74, 6) is -0.346. The van der Waals surface area contributed by atoms with Crippen LogP contribution in [-0.4, -0.2) is 21.3 Å². The minimum atomic E-state index is -0.355. The molecule has 6 heteroatoms. The van der Waals surface area contributed by atoms with Gasteiger partial charge in [-0.2, -0.15) is 0 Å². The zero-order valence-corrected chi connectivity index (χ0v) is 14.8. The molecule has 0 bridgehead atoms. The lowest BCUT2D eigenvalue weighted by molar-refractivity contribution is 0.184. The average molecular weight is 405 g/mol. The smallest absolute Gasteiger partial charge is 0.165 e. The summed E-state index contributed by atoms with van der Waals surface area (Å²) in [6.07, 6.45) is 0. The fraction of sp³-hybridized carbons (Fsp3) is 0.333. The summed E-state index contributed by atoms with van der Waals surface area (Å²) in [6, 6.07) is 9.70. The summed E-state index contributed by atoms with van der Waals surface area (Å²) in [5, 5.41) is 0. The van der Waals surface area contributed by atoms with E-state index >= 15 is 0 Å². The third kappa shape index (κ3) is 7.38. The van der Waals surface area contributed by atoms with E-state index < -0.39 is 0 Å². The molecule has 0 unspecified atom stereocenters. The van der Waals surface area contributed by atoms with Crippen LogP contribution in [0.15, 0.2) is 40.9 Å². The summed E-state index contributed by atoms with van der Waals surface area (Å²) >= 11 is 3.06. The maximum absolute atomic E-state index is 13.0. The molecule has 3 nitrogen and oxygen atoms in total. The highest BCUT2D eigenvalue weighted by Crippen LogP contribution is 2.18. The summed E-state index contributed by atoms with van der Waals surface area (Å²) < 4.78 is 40.7. The van der Waals surface area contributed by atoms with Crippen molar-refractivity contribution in [3.8, 4) is 5.75 Å². The fourth-order valence-corrected chi connectivity index (χ4v) is 2.01. The Hall–Kier alpha value is -1.50. The Balaban J connectivity index is 0.000000425. The highest BCUT2D eigenvalue weighted by molar-refractivity contribution is 9.10. The molecule has 2 aromatic rings. The molecule has 0 aliphatic carbocycles. The van der Waals surface area contributed by atoms with Gasteiger partial charge >= 0.3 is 0 Å². The third-order valence-corrected chi connectivity index (χ3v) is 3.47. The maximum atomic E-state index is 13.0. The molecule has 0 heterocycles. The first-order valence-electron chi connectivity index (χ1n) is 6.76. The molecule has 0 aliphatic heterocycles. The van der Waals surface area contributed by atoms with E-state index in [4.69, 9.17) is 14.2 Å². The van der Waals surface area contributed by atoms with Gasteiger partial charge in [0, 0.05) is 14.2 Å². The Labute approximate surface area is 150 Å². The topological polar surface area (TPSA) is 27.7 Å². The largest absolute Gasteiger partial charge is 0.494 e. The first-order chi connectivity index (χ1) is 11.0. The van der Waals surface area contributed by atoms with Crippen LogP contribution >= 0.6 is 15.9 Å². The number of rotatable bonds is 5. The van der Waals surface area contributed by atoms with Crippen molar-refractivity contribution in [3.05, 3.63) is 63.6 Å². The van der Waals surface area contributed by atoms with E-state index in [-0.39, 0.29) is 24.8 Å². The van der Waals surface area contributed by atoms with E-state index in [1.165, 1.54) is 19.2 Å². The van der Waals surface area contributed by atoms with Gasteiger partial charge in [0.1, 0.15) is 5.82 Å². The second-order valence-electron chi connectivity index (χ2n) is 4.58. The summed E-state index contributed by atoms with van der Waals surface area (Å²) in [6.45, 7) is 0.866. The van der Waals surface area contributed by atoms with Crippen LogP contribution in [0.1, 0.15) is 18.6 Å². The van der Waals surface area contributed by atoms with E-state index in [0.717, 1.165) is 11.1 Å². The first-order valence-corrected chi connectivity index (χ1v) is 7.55. The molecule has 24 heavy (non-hydrogen) atoms. The van der Waals surface area contributed by atoms with E-state index in [9.17, 15) is 8.78 Å². The molecule has 0 N–H and O–H groups in total. The van der Waals surface area contributed by atoms with Gasteiger partial charge in [-0.3, -0.25) is 0 Å². The molecule has 0 aliphatic rings. The van der Waals surface area contributed by atoms with Crippen molar-refractivity contribution >= 4 is 15.9 Å². The molecular formula is C18H23BrF2O3. The third-order valence-electron chi connectivity index (χ3n) is 2.82. The van der Waals surface area contributed by atoms with E-state index in [1.54, 1.807) is 32.4 Å². The van der Waals surface area contributed by atoms with Crippen LogP contribution in [0.4, 0.5) is 8.78 Å². The van der Waals surface area contributed by atoms with Gasteiger partial charge < -0.3 is 14.2 Å². The molecule has 134 valence electrons. The van der Waals surface area contributed by atoms with Crippen molar-refractivity contribution in [2.24, 2.45) is 0 Å². The average Bonchev–Trinajstić information content (AvgIpc) is 2.52. The van der Waals surface area contributed by atoms with Gasteiger partial charge in [-0.05, 0) is 51.3 Å². The van der Waals surface area contributed by atoms with Crippen LogP contribution in [0.25, 0.3) is 0 Å². The predicted octanol–water partition coefficient (Wildman–Crippen LogP) is 5.35. The SMILES string of the molecule is C.COCc1ccc(Br)c(F)c1.COCc1ccc(OC)c(F)c1. The molecule has 0 saturated carbocycles. The second kappa shape index (κ2) is 11.9. The lowest BCUT2D eigenvalue weighted by atomic mass is 10.2. The zero-order valence-electron chi connectivity index (χ0n) is 13.2. The van der Waals surface area contributed by atoms with Gasteiger partial charge in [-0.1, -0.05) is 19.6 Å². The second-order valence-corrected chi connectivity index (χ2v) is 5.44. The van der Waals surface area contributed by atoms with Crippen LogP contribution in [0.3, 0.4) is 0 Å². The Kier molecular flexibility index (Phi) is 11.2. The molecule has 0 atom stereocenters. The van der Waals surface area contributed by atoms with E-state index in [1.807, 2.05) is 6.07 Å². The van der Waals surface area contributed by atoms with Gasteiger partial charge in [-0.25, -0.2) is 8.78 Å². The Bertz CT molecular complexity index is 621. The van der Waals surface area contributed by atoms with E-state index in [0.29, 0.717) is 17.7 Å². The molecule has 0 aromatic heterocycles. The van der Waals surface area contributed by atoms with Gasteiger partial charge in [0.25, 0.3) is 0 Å². The van der Waals surface area contributed by atoms with E-state index in [2.05, 4.69) is 15.9 Å². The Morgan fingerprint density at radius 2 is 1.33 bits per heavy atom. The normalized spacial score (nSPS) is 9.58. The van der Waals surface area contributed by atoms with Crippen LogP contribution in [-0.2, 0) is 22.7 Å². The van der Waals surface area contributed by atoms with Crippen molar-refractivity contribution in [1.29, 1.82) is 0 Å². The molecule has 0 amide bonds. The van der Waals surface area contributed by atoms with Crippen LogP contribution < -0.4 is 4.74 Å². The van der Waals surface area contributed by atoms with Crippen molar-refractivity contribution in [2.75, 3.05) is 21.3 Å². The number of hydrogen-bond donors (Lipinski definition) is 0. The number of methoxy groups -OCH3 is 3. The number of benzene rings is 2. The van der Waals surface area contributed by atoms with Crippen LogP contribution in [0.5, 0.6) is 5.75 Å².